The van der Waals surface area contributed by atoms with Crippen molar-refractivity contribution in [1.82, 2.24) is 0 Å². The van der Waals surface area contributed by atoms with Gasteiger partial charge in [0, 0.05) is 5.56 Å². The minimum absolute atomic E-state index is 0.0107. The first kappa shape index (κ1) is 21.6. The van der Waals surface area contributed by atoms with E-state index in [9.17, 15) is 18.0 Å². The molecule has 0 fully saturated rings. The number of primary amides is 1. The third-order valence-electron chi connectivity index (χ3n) is 4.47. The van der Waals surface area contributed by atoms with Crippen LogP contribution in [-0.2, 0) is 33.9 Å². The molecule has 6 radical (unpaired) electrons. The van der Waals surface area contributed by atoms with Gasteiger partial charge in [-0.2, -0.15) is 8.42 Å². The van der Waals surface area contributed by atoms with Crippen LogP contribution in [0.4, 0.5) is 0 Å². The van der Waals surface area contributed by atoms with Gasteiger partial charge < -0.3 is 20.4 Å². The van der Waals surface area contributed by atoms with Crippen molar-refractivity contribution >= 4 is 45.3 Å². The molecule has 1 unspecified atom stereocenters. The number of amides is 1. The highest BCUT2D eigenvalue weighted by Crippen LogP contribution is 2.37. The third kappa shape index (κ3) is 3.47. The molecule has 1 atom stereocenters. The number of carbonyl (C=O) groups is 2. The fraction of sp³-hybridized carbons (Fsp3) is 0.111. The molecule has 2 aromatic carbocycles. The molecule has 0 spiro atoms. The molecule has 1 heterocycles. The smallest absolute Gasteiger partial charge is 0.302 e. The van der Waals surface area contributed by atoms with E-state index in [1.165, 1.54) is 48.5 Å². The number of benzene rings is 2. The molecule has 12 heteroatoms. The van der Waals surface area contributed by atoms with Crippen LogP contribution in [0.3, 0.4) is 0 Å². The molecule has 1 amide bonds. The Bertz CT molecular complexity index is 1150. The lowest BCUT2D eigenvalue weighted by molar-refractivity contribution is -0.126. The van der Waals surface area contributed by atoms with E-state index in [0.717, 1.165) is 0 Å². The summed E-state index contributed by atoms with van der Waals surface area (Å²) in [6.45, 7) is 0. The van der Waals surface area contributed by atoms with Crippen molar-refractivity contribution in [3.63, 3.8) is 0 Å². The van der Waals surface area contributed by atoms with Gasteiger partial charge in [0.2, 0.25) is 23.3 Å². The Labute approximate surface area is 177 Å². The normalized spacial score (nSPS) is 19.4. The van der Waals surface area contributed by atoms with E-state index in [2.05, 4.69) is 0 Å². The number of hydrogen-bond donors (Lipinski definition) is 2. The van der Waals surface area contributed by atoms with E-state index in [1.54, 1.807) is 6.07 Å². The van der Waals surface area contributed by atoms with Gasteiger partial charge in [0.25, 0.3) is 0 Å². The lowest BCUT2D eigenvalue weighted by Crippen LogP contribution is -2.40. The summed E-state index contributed by atoms with van der Waals surface area (Å²) in [6.07, 6.45) is 0. The van der Waals surface area contributed by atoms with Crippen LogP contribution in [0.1, 0.15) is 21.5 Å². The number of hydrogen-bond acceptors (Lipinski definition) is 7. The average Bonchev–Trinajstić information content (AvgIpc) is 2.92. The van der Waals surface area contributed by atoms with E-state index in [0.29, 0.717) is 0 Å². The summed E-state index contributed by atoms with van der Waals surface area (Å²) < 4.78 is 33.0. The van der Waals surface area contributed by atoms with Crippen molar-refractivity contribution in [1.29, 1.82) is 0 Å². The Morgan fingerprint density at radius 3 is 2.17 bits per heavy atom. The first-order chi connectivity index (χ1) is 13.9. The zero-order chi connectivity index (χ0) is 22.3. The summed E-state index contributed by atoms with van der Waals surface area (Å²) in [5.74, 6) is -3.32. The third-order valence-corrected chi connectivity index (χ3v) is 5.92. The van der Waals surface area contributed by atoms with Gasteiger partial charge >= 0.3 is 10.1 Å². The van der Waals surface area contributed by atoms with Crippen molar-refractivity contribution in [3.8, 4) is 0 Å². The van der Waals surface area contributed by atoms with E-state index in [-0.39, 0.29) is 16.7 Å². The van der Waals surface area contributed by atoms with Crippen LogP contribution in [0.15, 0.2) is 66.2 Å². The molecule has 1 aliphatic heterocycles. The average molecular weight is 418 g/mol. The maximum absolute atomic E-state index is 12.8. The minimum Gasteiger partial charge on any atom is -0.467 e. The molecule has 2 aromatic rings. The second-order valence-corrected chi connectivity index (χ2v) is 8.25. The van der Waals surface area contributed by atoms with E-state index in [4.69, 9.17) is 43.9 Å². The van der Waals surface area contributed by atoms with Gasteiger partial charge in [-0.1, -0.05) is 42.5 Å². The van der Waals surface area contributed by atoms with Crippen molar-refractivity contribution in [2.24, 2.45) is 11.5 Å². The van der Waals surface area contributed by atoms with E-state index in [1.807, 2.05) is 0 Å². The number of Topliss-reactive ketones (excluding diaryl/α,β-unsaturated/α-hetero) is 1. The number of ketones is 1. The topological polar surface area (TPSA) is 139 Å². The van der Waals surface area contributed by atoms with Crippen LogP contribution in [0.25, 0.3) is 0 Å². The highest BCUT2D eigenvalue weighted by molar-refractivity contribution is 7.90. The zero-order valence-corrected chi connectivity index (χ0v) is 16.3. The molecule has 30 heavy (non-hydrogen) atoms. The molecular weight excluding hydrogens is 405 g/mol. The Hall–Kier alpha value is -3.14. The van der Waals surface area contributed by atoms with Crippen LogP contribution in [-0.4, -0.2) is 43.6 Å². The SMILES string of the molecule is [B]C1(c2ccc(C(N)=O)cc2)OC(N)=C(OS(=O)(=O)C([B])([B])c2ccccc2)C1=O. The number of nitrogens with two attached hydrogens (primary N) is 2. The maximum Gasteiger partial charge on any atom is 0.302 e. The van der Waals surface area contributed by atoms with Crippen LogP contribution in [0.5, 0.6) is 0 Å². The van der Waals surface area contributed by atoms with Gasteiger partial charge in [0.1, 0.15) is 7.85 Å². The Kier molecular flexibility index (Phi) is 5.24. The lowest BCUT2D eigenvalue weighted by atomic mass is 9.65. The molecule has 146 valence electrons. The van der Waals surface area contributed by atoms with Crippen molar-refractivity contribution in [2.75, 3.05) is 0 Å². The number of carbonyl (C=O) groups excluding carboxylic acids is 2. The standard InChI is InChI=1S/C18H13B3N2O6S/c19-17(11-8-6-10(7-9-11)15(22)25)14(24)13(16(23)28-17)29-30(26,27)18(20,21)12-4-2-1-3-5-12/h1-9H,23H2,(H2,22,25). The molecule has 0 bridgehead atoms. The monoisotopic (exact) mass is 418 g/mol. The van der Waals surface area contributed by atoms with Crippen LogP contribution in [0.2, 0.25) is 0 Å². The van der Waals surface area contributed by atoms with Gasteiger partial charge in [-0.3, -0.25) is 9.59 Å². The first-order valence-corrected chi connectivity index (χ1v) is 9.81. The van der Waals surface area contributed by atoms with Gasteiger partial charge in [0.15, 0.2) is 5.50 Å². The van der Waals surface area contributed by atoms with Crippen molar-refractivity contribution < 1.29 is 26.9 Å². The molecule has 0 aliphatic carbocycles. The first-order valence-electron chi connectivity index (χ1n) is 8.40. The summed E-state index contributed by atoms with van der Waals surface area (Å²) in [5, 5.41) is 0. The maximum atomic E-state index is 12.8. The van der Waals surface area contributed by atoms with Crippen LogP contribution in [0, 0.1) is 0 Å². The van der Waals surface area contributed by atoms with Crippen molar-refractivity contribution in [3.05, 3.63) is 82.9 Å². The van der Waals surface area contributed by atoms with Gasteiger partial charge in [-0.05, 0) is 23.3 Å². The molecule has 3 rings (SSSR count). The molecule has 0 saturated heterocycles. The minimum atomic E-state index is -4.81. The van der Waals surface area contributed by atoms with Gasteiger partial charge in [-0.15, -0.1) is 0 Å². The molecular formula is C18H13B3N2O6S. The number of ether oxygens (including phenoxy) is 1. The largest absolute Gasteiger partial charge is 0.467 e. The molecule has 1 aliphatic rings. The fourth-order valence-electron chi connectivity index (χ4n) is 2.72. The van der Waals surface area contributed by atoms with E-state index >= 15 is 0 Å². The predicted octanol–water partition coefficient (Wildman–Crippen LogP) is -0.672. The summed E-state index contributed by atoms with van der Waals surface area (Å²) in [7, 11) is 12.8. The van der Waals surface area contributed by atoms with E-state index < -0.39 is 43.5 Å². The van der Waals surface area contributed by atoms with Crippen LogP contribution < -0.4 is 11.5 Å². The Morgan fingerprint density at radius 1 is 1.07 bits per heavy atom. The molecule has 0 aromatic heterocycles. The summed E-state index contributed by atoms with van der Waals surface area (Å²) in [5.41, 5.74) is 8.89. The predicted molar refractivity (Wildman–Crippen MR) is 109 cm³/mol. The Balaban J connectivity index is 1.91. The van der Waals surface area contributed by atoms with Gasteiger partial charge in [-0.25, -0.2) is 0 Å². The second-order valence-electron chi connectivity index (χ2n) is 6.50. The van der Waals surface area contributed by atoms with Gasteiger partial charge in [0.05, 0.1) is 20.2 Å². The molecule has 8 nitrogen and oxygen atoms in total. The summed E-state index contributed by atoms with van der Waals surface area (Å²) >= 11 is 0. The van der Waals surface area contributed by atoms with Crippen molar-refractivity contribution in [2.45, 2.75) is 10.0 Å². The highest BCUT2D eigenvalue weighted by atomic mass is 32.2. The second kappa shape index (κ2) is 7.28. The highest BCUT2D eigenvalue weighted by Gasteiger charge is 2.50. The molecule has 0 saturated carbocycles. The lowest BCUT2D eigenvalue weighted by Gasteiger charge is -2.26. The zero-order valence-electron chi connectivity index (χ0n) is 15.4. The summed E-state index contributed by atoms with van der Waals surface area (Å²) in [4.78, 5) is 24.1. The quantitative estimate of drug-likeness (QED) is 0.469. The summed E-state index contributed by atoms with van der Waals surface area (Å²) in [6, 6.07) is 12.7. The van der Waals surface area contributed by atoms with Crippen LogP contribution >= 0.6 is 0 Å². The molecule has 4 N–H and O–H groups in total. The fourth-order valence-corrected chi connectivity index (χ4v) is 3.66. The Morgan fingerprint density at radius 2 is 1.63 bits per heavy atom. The number of rotatable bonds is 6.